The van der Waals surface area contributed by atoms with Crippen LogP contribution in [0.4, 0.5) is 5.69 Å². The van der Waals surface area contributed by atoms with Gasteiger partial charge >= 0.3 is 0 Å². The van der Waals surface area contributed by atoms with Crippen molar-refractivity contribution in [3.8, 4) is 5.75 Å². The fourth-order valence-electron chi connectivity index (χ4n) is 2.21. The fourth-order valence-corrected chi connectivity index (χ4v) is 2.21. The highest BCUT2D eigenvalue weighted by Gasteiger charge is 2.30. The standard InChI is InChI=1S/C14H20N2O3.ClH/c1-9-4-5-12-13(6-9)19-10(2)7-16(12)14(17)11(15)8-18-3;/h4-6,10-11H,7-8,15H2,1-3H3;1H. The Kier molecular flexibility index (Phi) is 5.80. The highest BCUT2D eigenvalue weighted by atomic mass is 35.5. The number of methoxy groups -OCH3 is 1. The summed E-state index contributed by atoms with van der Waals surface area (Å²) >= 11 is 0. The lowest BCUT2D eigenvalue weighted by atomic mass is 10.1. The first-order valence-electron chi connectivity index (χ1n) is 6.36. The number of anilines is 1. The number of hydrogen-bond donors (Lipinski definition) is 1. The van der Waals surface area contributed by atoms with Crippen molar-refractivity contribution in [2.24, 2.45) is 5.73 Å². The zero-order valence-corrected chi connectivity index (χ0v) is 12.8. The SMILES string of the molecule is COCC(N)C(=O)N1CC(C)Oc2cc(C)ccc21.Cl. The van der Waals surface area contributed by atoms with E-state index in [1.807, 2.05) is 32.0 Å². The van der Waals surface area contributed by atoms with E-state index >= 15 is 0 Å². The fraction of sp³-hybridized carbons (Fsp3) is 0.500. The van der Waals surface area contributed by atoms with Crippen LogP contribution in [0.3, 0.4) is 0 Å². The number of aryl methyl sites for hydroxylation is 1. The third-order valence-electron chi connectivity index (χ3n) is 3.10. The topological polar surface area (TPSA) is 64.8 Å². The molecule has 112 valence electrons. The van der Waals surface area contributed by atoms with Crippen LogP contribution < -0.4 is 15.4 Å². The lowest BCUT2D eigenvalue weighted by molar-refractivity contribution is -0.121. The highest BCUT2D eigenvalue weighted by molar-refractivity contribution is 5.98. The lowest BCUT2D eigenvalue weighted by Crippen LogP contribution is -2.51. The van der Waals surface area contributed by atoms with Crippen LogP contribution in [0.2, 0.25) is 0 Å². The molecule has 0 aliphatic carbocycles. The average Bonchev–Trinajstić information content (AvgIpc) is 2.36. The third kappa shape index (κ3) is 3.42. The molecule has 0 spiro atoms. The van der Waals surface area contributed by atoms with E-state index in [9.17, 15) is 4.79 Å². The van der Waals surface area contributed by atoms with Crippen LogP contribution in [0.1, 0.15) is 12.5 Å². The summed E-state index contributed by atoms with van der Waals surface area (Å²) in [6.07, 6.45) is -0.0482. The zero-order valence-electron chi connectivity index (χ0n) is 12.0. The lowest BCUT2D eigenvalue weighted by Gasteiger charge is -2.34. The largest absolute Gasteiger partial charge is 0.487 e. The Balaban J connectivity index is 0.00000200. The van der Waals surface area contributed by atoms with E-state index in [2.05, 4.69) is 0 Å². The maximum atomic E-state index is 12.3. The Hall–Kier alpha value is -1.30. The van der Waals surface area contributed by atoms with E-state index in [0.717, 1.165) is 17.0 Å². The Morgan fingerprint density at radius 2 is 2.30 bits per heavy atom. The normalized spacial score (nSPS) is 18.6. The molecule has 0 aromatic heterocycles. The number of ether oxygens (including phenoxy) is 2. The maximum absolute atomic E-state index is 12.3. The molecular weight excluding hydrogens is 280 g/mol. The third-order valence-corrected chi connectivity index (χ3v) is 3.10. The van der Waals surface area contributed by atoms with Gasteiger partial charge in [-0.05, 0) is 31.5 Å². The highest BCUT2D eigenvalue weighted by Crippen LogP contribution is 2.34. The Bertz CT molecular complexity index is 481. The van der Waals surface area contributed by atoms with Crippen molar-refractivity contribution in [1.29, 1.82) is 0 Å². The molecule has 2 unspecified atom stereocenters. The average molecular weight is 301 g/mol. The number of carbonyl (C=O) groups excluding carboxylic acids is 1. The molecule has 2 N–H and O–H groups in total. The molecule has 0 saturated carbocycles. The molecule has 1 aliphatic rings. The Morgan fingerprint density at radius 3 is 2.95 bits per heavy atom. The zero-order chi connectivity index (χ0) is 14.0. The summed E-state index contributed by atoms with van der Waals surface area (Å²) in [5.41, 5.74) is 7.71. The van der Waals surface area contributed by atoms with E-state index in [1.165, 1.54) is 7.11 Å². The summed E-state index contributed by atoms with van der Waals surface area (Å²) < 4.78 is 10.7. The van der Waals surface area contributed by atoms with Crippen molar-refractivity contribution in [2.45, 2.75) is 26.0 Å². The van der Waals surface area contributed by atoms with Crippen molar-refractivity contribution in [3.63, 3.8) is 0 Å². The number of carbonyl (C=O) groups is 1. The molecule has 20 heavy (non-hydrogen) atoms. The van der Waals surface area contributed by atoms with E-state index < -0.39 is 6.04 Å². The van der Waals surface area contributed by atoms with Crippen molar-refractivity contribution in [3.05, 3.63) is 23.8 Å². The van der Waals surface area contributed by atoms with Crippen LogP contribution in [0.5, 0.6) is 5.75 Å². The molecule has 0 radical (unpaired) electrons. The van der Waals surface area contributed by atoms with Crippen LogP contribution in [-0.4, -0.2) is 38.3 Å². The summed E-state index contributed by atoms with van der Waals surface area (Å²) in [7, 11) is 1.53. The van der Waals surface area contributed by atoms with Gasteiger partial charge < -0.3 is 20.1 Å². The van der Waals surface area contributed by atoms with Crippen LogP contribution in [0, 0.1) is 6.92 Å². The molecular formula is C14H21ClN2O3. The van der Waals surface area contributed by atoms with E-state index in [0.29, 0.717) is 6.54 Å². The van der Waals surface area contributed by atoms with Crippen LogP contribution >= 0.6 is 12.4 Å². The number of amides is 1. The number of rotatable bonds is 3. The summed E-state index contributed by atoms with van der Waals surface area (Å²) in [6, 6.07) is 5.14. The van der Waals surface area contributed by atoms with Crippen molar-refractivity contribution >= 4 is 24.0 Å². The number of benzene rings is 1. The minimum atomic E-state index is -0.649. The minimum Gasteiger partial charge on any atom is -0.487 e. The van der Waals surface area contributed by atoms with Gasteiger partial charge in [-0.15, -0.1) is 12.4 Å². The Labute approximate surface area is 125 Å². The predicted octanol–water partition coefficient (Wildman–Crippen LogP) is 1.50. The molecule has 1 amide bonds. The van der Waals surface area contributed by atoms with E-state index in [4.69, 9.17) is 15.2 Å². The molecule has 1 aromatic rings. The van der Waals surface area contributed by atoms with Crippen LogP contribution in [0.25, 0.3) is 0 Å². The summed E-state index contributed by atoms with van der Waals surface area (Å²) in [6.45, 7) is 4.65. The second-order valence-corrected chi connectivity index (χ2v) is 4.91. The van der Waals surface area contributed by atoms with Gasteiger partial charge in [0.05, 0.1) is 18.8 Å². The second kappa shape index (κ2) is 6.92. The van der Waals surface area contributed by atoms with Gasteiger partial charge in [0, 0.05) is 7.11 Å². The van der Waals surface area contributed by atoms with Gasteiger partial charge in [0.25, 0.3) is 0 Å². The van der Waals surface area contributed by atoms with Crippen molar-refractivity contribution in [1.82, 2.24) is 0 Å². The molecule has 1 aliphatic heterocycles. The maximum Gasteiger partial charge on any atom is 0.246 e. The molecule has 2 rings (SSSR count). The van der Waals surface area contributed by atoms with Gasteiger partial charge in [-0.2, -0.15) is 0 Å². The van der Waals surface area contributed by atoms with Crippen molar-refractivity contribution in [2.75, 3.05) is 25.2 Å². The van der Waals surface area contributed by atoms with E-state index in [1.54, 1.807) is 4.90 Å². The van der Waals surface area contributed by atoms with Crippen LogP contribution in [-0.2, 0) is 9.53 Å². The molecule has 2 atom stereocenters. The van der Waals surface area contributed by atoms with Gasteiger partial charge in [0.2, 0.25) is 5.91 Å². The number of fused-ring (bicyclic) bond motifs is 1. The first kappa shape index (κ1) is 16.8. The van der Waals surface area contributed by atoms with Crippen molar-refractivity contribution < 1.29 is 14.3 Å². The van der Waals surface area contributed by atoms with Gasteiger partial charge in [-0.1, -0.05) is 6.07 Å². The van der Waals surface area contributed by atoms with Crippen LogP contribution in [0.15, 0.2) is 18.2 Å². The molecule has 0 fully saturated rings. The summed E-state index contributed by atoms with van der Waals surface area (Å²) in [4.78, 5) is 14.0. The monoisotopic (exact) mass is 300 g/mol. The minimum absolute atomic E-state index is 0. The molecule has 0 saturated heterocycles. The number of hydrogen-bond acceptors (Lipinski definition) is 4. The van der Waals surface area contributed by atoms with E-state index in [-0.39, 0.29) is 31.0 Å². The first-order valence-corrected chi connectivity index (χ1v) is 6.36. The number of nitrogens with two attached hydrogens (primary N) is 1. The molecule has 1 aromatic carbocycles. The quantitative estimate of drug-likeness (QED) is 0.919. The van der Waals surface area contributed by atoms with Gasteiger partial charge in [0.1, 0.15) is 17.9 Å². The summed E-state index contributed by atoms with van der Waals surface area (Å²) in [5, 5.41) is 0. The molecule has 6 heteroatoms. The summed E-state index contributed by atoms with van der Waals surface area (Å²) in [5.74, 6) is 0.596. The van der Waals surface area contributed by atoms with Gasteiger partial charge in [0.15, 0.2) is 0 Å². The second-order valence-electron chi connectivity index (χ2n) is 4.91. The van der Waals surface area contributed by atoms with Gasteiger partial charge in [-0.3, -0.25) is 4.79 Å². The predicted molar refractivity (Wildman–Crippen MR) is 80.7 cm³/mol. The number of halogens is 1. The van der Waals surface area contributed by atoms with Gasteiger partial charge in [-0.25, -0.2) is 0 Å². The number of nitrogens with zero attached hydrogens (tertiary/aromatic N) is 1. The molecule has 5 nitrogen and oxygen atoms in total. The molecule has 0 bridgehead atoms. The Morgan fingerprint density at radius 1 is 1.60 bits per heavy atom. The molecule has 1 heterocycles. The smallest absolute Gasteiger partial charge is 0.246 e. The first-order chi connectivity index (χ1) is 9.02.